The molecule has 0 heterocycles. The van der Waals surface area contributed by atoms with Crippen LogP contribution in [-0.2, 0) is 19.1 Å². The minimum absolute atomic E-state index is 0.129. The van der Waals surface area contributed by atoms with E-state index in [4.69, 9.17) is 9.47 Å². The molecule has 2 rings (SSSR count). The molecule has 0 amide bonds. The van der Waals surface area contributed by atoms with Crippen LogP contribution in [0.25, 0.3) is 0 Å². The monoisotopic (exact) mass is 392 g/mol. The lowest BCUT2D eigenvalue weighted by atomic mass is 9.68. The molecule has 0 aromatic carbocycles. The third-order valence-electron chi connectivity index (χ3n) is 7.00. The van der Waals surface area contributed by atoms with Crippen LogP contribution in [0.15, 0.2) is 12.2 Å². The van der Waals surface area contributed by atoms with Gasteiger partial charge in [0.25, 0.3) is 0 Å². The van der Waals surface area contributed by atoms with Crippen LogP contribution in [0, 0.1) is 10.8 Å². The molecular formula is C24H40O4. The Morgan fingerprint density at radius 2 is 0.893 bits per heavy atom. The molecule has 2 fully saturated rings. The fraction of sp³-hybridized carbons (Fsp3) is 0.833. The van der Waals surface area contributed by atoms with Gasteiger partial charge in [0, 0.05) is 23.0 Å². The van der Waals surface area contributed by atoms with E-state index in [0.29, 0.717) is 0 Å². The van der Waals surface area contributed by atoms with Gasteiger partial charge in [0.1, 0.15) is 11.2 Å². The second-order valence-electron chi connectivity index (χ2n) is 10.8. The molecule has 0 unspecified atom stereocenters. The van der Waals surface area contributed by atoms with E-state index in [-0.39, 0.29) is 10.8 Å². The van der Waals surface area contributed by atoms with Crippen molar-refractivity contribution in [1.82, 2.24) is 0 Å². The molecule has 0 saturated heterocycles. The Kier molecular flexibility index (Phi) is 7.04. The number of carbonyl (C=O) groups is 2. The second-order valence-corrected chi connectivity index (χ2v) is 10.8. The molecule has 28 heavy (non-hydrogen) atoms. The lowest BCUT2D eigenvalue weighted by Gasteiger charge is -2.46. The first kappa shape index (κ1) is 23.0. The van der Waals surface area contributed by atoms with Crippen LogP contribution >= 0.6 is 0 Å². The molecule has 0 radical (unpaired) electrons. The summed E-state index contributed by atoms with van der Waals surface area (Å²) in [6, 6.07) is 0. The topological polar surface area (TPSA) is 52.6 Å². The van der Waals surface area contributed by atoms with E-state index in [1.807, 2.05) is 0 Å². The van der Waals surface area contributed by atoms with Gasteiger partial charge in [-0.25, -0.2) is 9.59 Å². The number of ether oxygens (including phenoxy) is 2. The maximum absolute atomic E-state index is 12.5. The van der Waals surface area contributed by atoms with Crippen molar-refractivity contribution in [3.63, 3.8) is 0 Å². The average molecular weight is 393 g/mol. The molecule has 0 aliphatic heterocycles. The van der Waals surface area contributed by atoms with E-state index in [0.717, 1.165) is 51.4 Å². The number of rotatable bonds is 4. The van der Waals surface area contributed by atoms with Gasteiger partial charge in [0.15, 0.2) is 0 Å². The van der Waals surface area contributed by atoms with E-state index >= 15 is 0 Å². The van der Waals surface area contributed by atoms with Gasteiger partial charge >= 0.3 is 11.9 Å². The molecular weight excluding hydrogens is 352 g/mol. The number of carbonyl (C=O) groups excluding carboxylic acids is 2. The first-order valence-corrected chi connectivity index (χ1v) is 11.0. The molecule has 2 saturated carbocycles. The molecule has 0 N–H and O–H groups in total. The molecule has 160 valence electrons. The maximum atomic E-state index is 12.5. The van der Waals surface area contributed by atoms with E-state index in [1.165, 1.54) is 25.0 Å². The van der Waals surface area contributed by atoms with Crippen LogP contribution in [0.4, 0.5) is 0 Å². The van der Waals surface area contributed by atoms with Crippen molar-refractivity contribution in [3.8, 4) is 0 Å². The van der Waals surface area contributed by atoms with E-state index in [9.17, 15) is 9.59 Å². The van der Waals surface area contributed by atoms with Crippen LogP contribution in [0.1, 0.15) is 106 Å². The third-order valence-corrected chi connectivity index (χ3v) is 7.00. The van der Waals surface area contributed by atoms with Crippen molar-refractivity contribution < 1.29 is 19.1 Å². The normalized spacial score (nSPS) is 22.6. The van der Waals surface area contributed by atoms with E-state index < -0.39 is 23.1 Å². The Balaban J connectivity index is 2.03. The molecule has 2 aliphatic rings. The van der Waals surface area contributed by atoms with Crippen molar-refractivity contribution in [1.29, 1.82) is 0 Å². The predicted molar refractivity (Wildman–Crippen MR) is 112 cm³/mol. The molecule has 0 bridgehead atoms. The number of esters is 2. The Hall–Kier alpha value is -1.32. The SMILES string of the molecule is CC(C)(C)C1(OC(=O)C=CC(=O)OC2(C(C)(C)C)CCCCC2)CCCCC1. The first-order chi connectivity index (χ1) is 12.9. The van der Waals surface area contributed by atoms with Crippen LogP contribution < -0.4 is 0 Å². The van der Waals surface area contributed by atoms with Gasteiger partial charge in [-0.3, -0.25) is 0 Å². The lowest BCUT2D eigenvalue weighted by molar-refractivity contribution is -0.176. The van der Waals surface area contributed by atoms with Crippen LogP contribution in [0.5, 0.6) is 0 Å². The number of hydrogen-bond donors (Lipinski definition) is 0. The zero-order chi connectivity index (χ0) is 21.1. The molecule has 0 spiro atoms. The van der Waals surface area contributed by atoms with Crippen molar-refractivity contribution in [2.45, 2.75) is 117 Å². The third kappa shape index (κ3) is 5.18. The summed E-state index contributed by atoms with van der Waals surface area (Å²) >= 11 is 0. The summed E-state index contributed by atoms with van der Waals surface area (Å²) in [6.07, 6.45) is 12.7. The summed E-state index contributed by atoms with van der Waals surface area (Å²) in [5.74, 6) is -0.885. The minimum atomic E-state index is -0.452. The number of hydrogen-bond acceptors (Lipinski definition) is 4. The lowest BCUT2D eigenvalue weighted by Crippen LogP contribution is -2.48. The highest BCUT2D eigenvalue weighted by molar-refractivity contribution is 5.92. The Labute approximate surface area is 171 Å². The van der Waals surface area contributed by atoms with Gasteiger partial charge in [0.2, 0.25) is 0 Å². The molecule has 0 aromatic rings. The van der Waals surface area contributed by atoms with Gasteiger partial charge < -0.3 is 9.47 Å². The maximum Gasteiger partial charge on any atom is 0.331 e. The predicted octanol–water partition coefficient (Wildman–Crippen LogP) is 6.13. The highest BCUT2D eigenvalue weighted by Gasteiger charge is 2.47. The zero-order valence-electron chi connectivity index (χ0n) is 18.9. The van der Waals surface area contributed by atoms with Gasteiger partial charge in [0.05, 0.1) is 0 Å². The van der Waals surface area contributed by atoms with Gasteiger partial charge in [-0.2, -0.15) is 0 Å². The molecule has 4 nitrogen and oxygen atoms in total. The zero-order valence-corrected chi connectivity index (χ0v) is 18.9. The fourth-order valence-corrected chi connectivity index (χ4v) is 4.85. The Bertz CT molecular complexity index is 525. The minimum Gasteiger partial charge on any atom is -0.455 e. The van der Waals surface area contributed by atoms with E-state index in [1.54, 1.807) is 0 Å². The molecule has 0 atom stereocenters. The molecule has 2 aliphatic carbocycles. The van der Waals surface area contributed by atoms with Crippen molar-refractivity contribution in [3.05, 3.63) is 12.2 Å². The Morgan fingerprint density at radius 1 is 0.607 bits per heavy atom. The molecule has 4 heteroatoms. The smallest absolute Gasteiger partial charge is 0.331 e. The summed E-state index contributed by atoms with van der Waals surface area (Å²) in [7, 11) is 0. The Morgan fingerprint density at radius 3 is 1.14 bits per heavy atom. The second kappa shape index (κ2) is 8.59. The van der Waals surface area contributed by atoms with Crippen LogP contribution in [-0.4, -0.2) is 23.1 Å². The van der Waals surface area contributed by atoms with Gasteiger partial charge in [-0.1, -0.05) is 54.4 Å². The average Bonchev–Trinajstić information content (AvgIpc) is 2.60. The fourth-order valence-electron chi connectivity index (χ4n) is 4.85. The highest BCUT2D eigenvalue weighted by Crippen LogP contribution is 2.46. The van der Waals surface area contributed by atoms with Gasteiger partial charge in [-0.05, 0) is 51.4 Å². The van der Waals surface area contributed by atoms with Gasteiger partial charge in [-0.15, -0.1) is 0 Å². The van der Waals surface area contributed by atoms with Crippen LogP contribution in [0.2, 0.25) is 0 Å². The molecule has 0 aromatic heterocycles. The van der Waals surface area contributed by atoms with Crippen LogP contribution in [0.3, 0.4) is 0 Å². The summed E-state index contributed by atoms with van der Waals surface area (Å²) in [6.45, 7) is 12.7. The standard InChI is InChI=1S/C24H40O4/c1-21(2,3)23(15-9-7-10-16-23)27-19(25)13-14-20(26)28-24(22(4,5)6)17-11-8-12-18-24/h13-14H,7-12,15-18H2,1-6H3. The van der Waals surface area contributed by atoms with E-state index in [2.05, 4.69) is 41.5 Å². The summed E-state index contributed by atoms with van der Waals surface area (Å²) in [5.41, 5.74) is -1.16. The summed E-state index contributed by atoms with van der Waals surface area (Å²) in [4.78, 5) is 25.0. The highest BCUT2D eigenvalue weighted by atomic mass is 16.6. The van der Waals surface area contributed by atoms with Crippen molar-refractivity contribution in [2.24, 2.45) is 10.8 Å². The van der Waals surface area contributed by atoms with Crippen molar-refractivity contribution in [2.75, 3.05) is 0 Å². The summed E-state index contributed by atoms with van der Waals surface area (Å²) in [5, 5.41) is 0. The first-order valence-electron chi connectivity index (χ1n) is 11.0. The summed E-state index contributed by atoms with van der Waals surface area (Å²) < 4.78 is 11.9. The largest absolute Gasteiger partial charge is 0.455 e. The van der Waals surface area contributed by atoms with Crippen molar-refractivity contribution >= 4 is 11.9 Å². The quantitative estimate of drug-likeness (QED) is 0.427.